The molecule has 0 spiro atoms. The van der Waals surface area contributed by atoms with Crippen molar-refractivity contribution in [2.75, 3.05) is 7.11 Å². The molecule has 21 heavy (non-hydrogen) atoms. The minimum Gasteiger partial charge on any atom is -0.496 e. The van der Waals surface area contributed by atoms with Gasteiger partial charge in [-0.1, -0.05) is 0 Å². The molecule has 0 radical (unpaired) electrons. The molecule has 0 aliphatic rings. The summed E-state index contributed by atoms with van der Waals surface area (Å²) in [7, 11) is 1.49. The van der Waals surface area contributed by atoms with Crippen LogP contribution in [0.15, 0.2) is 36.4 Å². The lowest BCUT2D eigenvalue weighted by molar-refractivity contribution is 0.101. The van der Waals surface area contributed by atoms with Crippen LogP contribution in [0.2, 0.25) is 0 Å². The summed E-state index contributed by atoms with van der Waals surface area (Å²) >= 11 is 0. The molecule has 0 N–H and O–H groups in total. The fraction of sp³-hybridized carbons (Fsp3) is 0.188. The summed E-state index contributed by atoms with van der Waals surface area (Å²) in [6, 6.07) is 7.99. The van der Waals surface area contributed by atoms with Crippen molar-refractivity contribution in [3.63, 3.8) is 0 Å². The van der Waals surface area contributed by atoms with Gasteiger partial charge in [0.05, 0.1) is 7.11 Å². The summed E-state index contributed by atoms with van der Waals surface area (Å²) in [5, 5.41) is 0. The van der Waals surface area contributed by atoms with E-state index in [4.69, 9.17) is 9.47 Å². The van der Waals surface area contributed by atoms with Crippen molar-refractivity contribution < 1.29 is 23.0 Å². The third-order valence-electron chi connectivity index (χ3n) is 2.96. The van der Waals surface area contributed by atoms with Crippen LogP contribution in [0.3, 0.4) is 0 Å². The highest BCUT2D eigenvalue weighted by Crippen LogP contribution is 2.24. The van der Waals surface area contributed by atoms with Crippen LogP contribution in [-0.4, -0.2) is 12.9 Å². The van der Waals surface area contributed by atoms with E-state index in [-0.39, 0.29) is 18.1 Å². The van der Waals surface area contributed by atoms with Crippen LogP contribution in [0, 0.1) is 11.6 Å². The monoisotopic (exact) mass is 292 g/mol. The summed E-state index contributed by atoms with van der Waals surface area (Å²) in [5.41, 5.74) is 1.11. The number of carbonyl (C=O) groups is 1. The third kappa shape index (κ3) is 3.56. The Kier molecular flexibility index (Phi) is 4.52. The van der Waals surface area contributed by atoms with Crippen molar-refractivity contribution in [1.29, 1.82) is 0 Å². The molecule has 2 rings (SSSR count). The van der Waals surface area contributed by atoms with E-state index < -0.39 is 11.6 Å². The van der Waals surface area contributed by atoms with Crippen molar-refractivity contribution in [1.82, 2.24) is 0 Å². The van der Waals surface area contributed by atoms with Gasteiger partial charge < -0.3 is 9.47 Å². The number of Topliss-reactive ketones (excluding diaryl/α,β-unsaturated/α-hetero) is 1. The molecule has 0 aliphatic carbocycles. The van der Waals surface area contributed by atoms with E-state index in [1.165, 1.54) is 20.1 Å². The van der Waals surface area contributed by atoms with Crippen molar-refractivity contribution in [3.8, 4) is 11.5 Å². The molecule has 0 heterocycles. The molecule has 0 bridgehead atoms. The van der Waals surface area contributed by atoms with Gasteiger partial charge in [0.25, 0.3) is 0 Å². The molecule has 5 heteroatoms. The Morgan fingerprint density at radius 2 is 1.81 bits per heavy atom. The molecular weight excluding hydrogens is 278 g/mol. The van der Waals surface area contributed by atoms with Gasteiger partial charge in [-0.05, 0) is 37.3 Å². The van der Waals surface area contributed by atoms with Crippen molar-refractivity contribution in [3.05, 3.63) is 59.2 Å². The van der Waals surface area contributed by atoms with Gasteiger partial charge in [-0.3, -0.25) is 4.79 Å². The lowest BCUT2D eigenvalue weighted by Crippen LogP contribution is -2.03. The Bertz CT molecular complexity index is 669. The smallest absolute Gasteiger partial charge is 0.167 e. The Morgan fingerprint density at radius 3 is 2.43 bits per heavy atom. The number of hydrogen-bond acceptors (Lipinski definition) is 3. The van der Waals surface area contributed by atoms with E-state index in [1.54, 1.807) is 18.2 Å². The second kappa shape index (κ2) is 6.35. The maximum Gasteiger partial charge on any atom is 0.167 e. The highest BCUT2D eigenvalue weighted by atomic mass is 19.1. The van der Waals surface area contributed by atoms with Crippen molar-refractivity contribution in [2.24, 2.45) is 0 Å². The second-order valence-corrected chi connectivity index (χ2v) is 4.45. The van der Waals surface area contributed by atoms with E-state index in [9.17, 15) is 13.6 Å². The average Bonchev–Trinajstić information content (AvgIpc) is 2.46. The van der Waals surface area contributed by atoms with Crippen LogP contribution in [0.4, 0.5) is 8.78 Å². The van der Waals surface area contributed by atoms with Gasteiger partial charge in [0.2, 0.25) is 0 Å². The number of hydrogen-bond donors (Lipinski definition) is 0. The van der Waals surface area contributed by atoms with Crippen LogP contribution < -0.4 is 9.47 Å². The van der Waals surface area contributed by atoms with E-state index in [0.29, 0.717) is 16.9 Å². The molecule has 0 saturated carbocycles. The first-order valence-electron chi connectivity index (χ1n) is 6.27. The second-order valence-electron chi connectivity index (χ2n) is 4.45. The molecule has 0 fully saturated rings. The molecular formula is C16H14F2O3. The first-order chi connectivity index (χ1) is 10.0. The van der Waals surface area contributed by atoms with Gasteiger partial charge in [0.1, 0.15) is 18.2 Å². The van der Waals surface area contributed by atoms with Crippen LogP contribution in [0.25, 0.3) is 0 Å². The fourth-order valence-corrected chi connectivity index (χ4v) is 1.86. The van der Waals surface area contributed by atoms with Crippen LogP contribution in [-0.2, 0) is 6.61 Å². The number of ether oxygens (including phenoxy) is 2. The first-order valence-corrected chi connectivity index (χ1v) is 6.27. The summed E-state index contributed by atoms with van der Waals surface area (Å²) in [6.45, 7) is 1.46. The average molecular weight is 292 g/mol. The number of ketones is 1. The van der Waals surface area contributed by atoms with E-state index in [1.807, 2.05) is 0 Å². The van der Waals surface area contributed by atoms with Crippen molar-refractivity contribution >= 4 is 5.78 Å². The molecule has 0 amide bonds. The van der Waals surface area contributed by atoms with Crippen LogP contribution >= 0.6 is 0 Å². The minimum absolute atomic E-state index is 0.00679. The van der Waals surface area contributed by atoms with Gasteiger partial charge in [0.15, 0.2) is 17.3 Å². The Hall–Kier alpha value is -2.43. The van der Waals surface area contributed by atoms with Crippen LogP contribution in [0.5, 0.6) is 11.5 Å². The predicted molar refractivity (Wildman–Crippen MR) is 73.7 cm³/mol. The maximum absolute atomic E-state index is 13.5. The number of methoxy groups -OCH3 is 1. The molecule has 0 unspecified atom stereocenters. The molecule has 0 saturated heterocycles. The lowest BCUT2D eigenvalue weighted by atomic mass is 10.1. The zero-order valence-corrected chi connectivity index (χ0v) is 11.7. The van der Waals surface area contributed by atoms with E-state index in [2.05, 4.69) is 0 Å². The highest BCUT2D eigenvalue weighted by Gasteiger charge is 2.10. The van der Waals surface area contributed by atoms with Gasteiger partial charge in [0, 0.05) is 17.2 Å². The number of halogens is 2. The zero-order valence-electron chi connectivity index (χ0n) is 11.7. The molecule has 3 nitrogen and oxygen atoms in total. The molecule has 110 valence electrons. The standard InChI is InChI=1S/C16H14F2O3/c1-10(19)11-3-5-15(20-2)12(7-11)9-21-16-6-4-13(17)8-14(16)18/h3-8H,9H2,1-2H3. The van der Waals surface area contributed by atoms with Gasteiger partial charge >= 0.3 is 0 Å². The summed E-state index contributed by atoms with van der Waals surface area (Å²) < 4.78 is 36.8. The third-order valence-corrected chi connectivity index (χ3v) is 2.96. The summed E-state index contributed by atoms with van der Waals surface area (Å²) in [5.74, 6) is -1.08. The molecule has 0 aliphatic heterocycles. The molecule has 2 aromatic rings. The molecule has 2 aromatic carbocycles. The lowest BCUT2D eigenvalue weighted by Gasteiger charge is -2.12. The normalized spacial score (nSPS) is 10.3. The number of benzene rings is 2. The van der Waals surface area contributed by atoms with Gasteiger partial charge in [-0.25, -0.2) is 8.78 Å². The molecule has 0 atom stereocenters. The Labute approximate surface area is 121 Å². The van der Waals surface area contributed by atoms with E-state index >= 15 is 0 Å². The van der Waals surface area contributed by atoms with Crippen molar-refractivity contribution in [2.45, 2.75) is 13.5 Å². The first kappa shape index (κ1) is 15.0. The SMILES string of the molecule is COc1ccc(C(C)=O)cc1COc1ccc(F)cc1F. The largest absolute Gasteiger partial charge is 0.496 e. The maximum atomic E-state index is 13.5. The zero-order chi connectivity index (χ0) is 15.4. The topological polar surface area (TPSA) is 35.5 Å². The quantitative estimate of drug-likeness (QED) is 0.787. The highest BCUT2D eigenvalue weighted by molar-refractivity contribution is 5.94. The van der Waals surface area contributed by atoms with Crippen LogP contribution in [0.1, 0.15) is 22.8 Å². The fourth-order valence-electron chi connectivity index (χ4n) is 1.86. The Morgan fingerprint density at radius 1 is 1.10 bits per heavy atom. The summed E-state index contributed by atoms with van der Waals surface area (Å²) in [6.07, 6.45) is 0. The van der Waals surface area contributed by atoms with E-state index in [0.717, 1.165) is 12.1 Å². The van der Waals surface area contributed by atoms with Gasteiger partial charge in [-0.15, -0.1) is 0 Å². The number of rotatable bonds is 5. The Balaban J connectivity index is 2.22. The number of carbonyl (C=O) groups excluding carboxylic acids is 1. The summed E-state index contributed by atoms with van der Waals surface area (Å²) in [4.78, 5) is 11.4. The van der Waals surface area contributed by atoms with Gasteiger partial charge in [-0.2, -0.15) is 0 Å². The molecule has 0 aromatic heterocycles. The minimum atomic E-state index is -0.781. The predicted octanol–water partition coefficient (Wildman–Crippen LogP) is 3.76.